The van der Waals surface area contributed by atoms with Crippen LogP contribution < -0.4 is 10.5 Å². The van der Waals surface area contributed by atoms with Crippen molar-refractivity contribution in [1.82, 2.24) is 0 Å². The fraction of sp³-hybridized carbons (Fsp3) is 0.321. The number of hydrogen-bond acceptors (Lipinski definition) is 2. The quantitative estimate of drug-likeness (QED) is 0.369. The smallest absolute Gasteiger partial charge is 0.233 e. The highest BCUT2D eigenvalue weighted by molar-refractivity contribution is 5.91. The van der Waals surface area contributed by atoms with Gasteiger partial charge in [0.1, 0.15) is 5.41 Å². The Bertz CT molecular complexity index is 1080. The molecule has 0 aliphatic carbocycles. The van der Waals surface area contributed by atoms with E-state index in [1.165, 1.54) is 12.1 Å². The summed E-state index contributed by atoms with van der Waals surface area (Å²) in [7, 11) is 2.17. The van der Waals surface area contributed by atoms with E-state index in [0.717, 1.165) is 47.7 Å². The van der Waals surface area contributed by atoms with Crippen molar-refractivity contribution < 1.29 is 22.8 Å². The number of rotatable bonds is 9. The Labute approximate surface area is 199 Å². The predicted octanol–water partition coefficient (Wildman–Crippen LogP) is 4.67. The molecule has 6 heteroatoms. The van der Waals surface area contributed by atoms with Gasteiger partial charge in [-0.3, -0.25) is 4.79 Å². The lowest BCUT2D eigenvalue weighted by molar-refractivity contribution is -0.899. The van der Waals surface area contributed by atoms with Crippen LogP contribution in [0.4, 0.5) is 8.78 Å². The predicted molar refractivity (Wildman–Crippen MR) is 128 cm³/mol. The van der Waals surface area contributed by atoms with Crippen LogP contribution in [-0.2, 0) is 10.2 Å². The van der Waals surface area contributed by atoms with Gasteiger partial charge in [-0.25, -0.2) is 4.39 Å². The molecule has 4 nitrogen and oxygen atoms in total. The van der Waals surface area contributed by atoms with Gasteiger partial charge in [-0.2, -0.15) is 4.39 Å². The van der Waals surface area contributed by atoms with E-state index in [9.17, 15) is 13.6 Å². The van der Waals surface area contributed by atoms with Crippen LogP contribution in [-0.4, -0.2) is 43.7 Å². The molecule has 2 atom stereocenters. The zero-order valence-electron chi connectivity index (χ0n) is 19.4. The summed E-state index contributed by atoms with van der Waals surface area (Å²) in [5, 5.41) is 0. The third-order valence-electron chi connectivity index (χ3n) is 7.15. The molecule has 0 aromatic heterocycles. The van der Waals surface area contributed by atoms with Crippen LogP contribution in [0.1, 0.15) is 24.0 Å². The molecule has 34 heavy (non-hydrogen) atoms. The molecule has 3 aromatic rings. The number of halogens is 2. The highest BCUT2D eigenvalue weighted by Gasteiger charge is 2.53. The van der Waals surface area contributed by atoms with Gasteiger partial charge in [-0.15, -0.1) is 0 Å². The first-order chi connectivity index (χ1) is 16.4. The van der Waals surface area contributed by atoms with Crippen molar-refractivity contribution in [2.45, 2.75) is 18.3 Å². The molecule has 4 rings (SSSR count). The Balaban J connectivity index is 1.51. The number of quaternary nitrogens is 1. The molecule has 0 radical (unpaired) electrons. The van der Waals surface area contributed by atoms with Crippen molar-refractivity contribution in [2.24, 2.45) is 11.7 Å². The number of nitrogens with two attached hydrogens (primary N) is 1. The zero-order chi connectivity index (χ0) is 24.2. The fourth-order valence-corrected chi connectivity index (χ4v) is 5.49. The number of nitrogens with zero attached hydrogens (tertiary/aromatic N) is 1. The molecule has 1 amide bonds. The van der Waals surface area contributed by atoms with Crippen LogP contribution in [0.15, 0.2) is 78.9 Å². The van der Waals surface area contributed by atoms with E-state index < -0.39 is 17.0 Å². The van der Waals surface area contributed by atoms with Crippen LogP contribution in [0.5, 0.6) is 5.75 Å². The number of carbonyl (C=O) groups is 1. The van der Waals surface area contributed by atoms with E-state index in [0.29, 0.717) is 6.42 Å². The first-order valence-electron chi connectivity index (χ1n) is 11.7. The average molecular weight is 466 g/mol. The number of hydrogen-bond donors (Lipinski definition) is 1. The molecular formula is C28H31F2N2O2+. The lowest BCUT2D eigenvalue weighted by atomic mass is 9.64. The Kier molecular flexibility index (Phi) is 6.98. The fourth-order valence-electron chi connectivity index (χ4n) is 5.49. The molecule has 3 aromatic carbocycles. The molecule has 1 aliphatic heterocycles. The summed E-state index contributed by atoms with van der Waals surface area (Å²) in [4.78, 5) is 13.2. The van der Waals surface area contributed by atoms with Gasteiger partial charge in [0, 0.05) is 18.8 Å². The normalized spacial score (nSPS) is 20.3. The van der Waals surface area contributed by atoms with E-state index in [2.05, 4.69) is 7.05 Å². The van der Waals surface area contributed by atoms with Crippen molar-refractivity contribution >= 4 is 5.91 Å². The summed E-state index contributed by atoms with van der Waals surface area (Å²) < 4.78 is 33.5. The maximum atomic E-state index is 13.8. The van der Waals surface area contributed by atoms with Crippen molar-refractivity contribution in [3.05, 3.63) is 102 Å². The van der Waals surface area contributed by atoms with Crippen molar-refractivity contribution in [3.63, 3.8) is 0 Å². The molecule has 178 valence electrons. The Morgan fingerprint density at radius 2 is 1.62 bits per heavy atom. The lowest BCUT2D eigenvalue weighted by Crippen LogP contribution is -2.51. The first-order valence-corrected chi connectivity index (χ1v) is 11.7. The molecule has 0 saturated carbocycles. The minimum Gasteiger partial charge on any atom is -0.490 e. The Morgan fingerprint density at radius 3 is 2.21 bits per heavy atom. The molecule has 0 bridgehead atoms. The van der Waals surface area contributed by atoms with E-state index >= 15 is 0 Å². The van der Waals surface area contributed by atoms with Gasteiger partial charge >= 0.3 is 0 Å². The Hall–Kier alpha value is -3.25. The van der Waals surface area contributed by atoms with Gasteiger partial charge in [0.05, 0.1) is 33.3 Å². The molecule has 1 aliphatic rings. The molecular weight excluding hydrogens is 434 g/mol. The monoisotopic (exact) mass is 465 g/mol. The summed E-state index contributed by atoms with van der Waals surface area (Å²) in [5.41, 5.74) is 7.10. The number of ether oxygens (including phenoxy) is 1. The summed E-state index contributed by atoms with van der Waals surface area (Å²) >= 11 is 0. The van der Waals surface area contributed by atoms with Crippen LogP contribution >= 0.6 is 0 Å². The van der Waals surface area contributed by atoms with E-state index in [1.54, 1.807) is 0 Å². The highest BCUT2D eigenvalue weighted by Crippen LogP contribution is 2.45. The number of benzene rings is 3. The van der Waals surface area contributed by atoms with Gasteiger partial charge in [-0.1, -0.05) is 66.7 Å². The maximum Gasteiger partial charge on any atom is 0.233 e. The van der Waals surface area contributed by atoms with E-state index in [-0.39, 0.29) is 24.2 Å². The van der Waals surface area contributed by atoms with Crippen LogP contribution in [0.25, 0.3) is 0 Å². The number of primary amides is 1. The van der Waals surface area contributed by atoms with Crippen LogP contribution in [0.3, 0.4) is 0 Å². The molecule has 1 saturated heterocycles. The molecule has 1 heterocycles. The lowest BCUT2D eigenvalue weighted by Gasteiger charge is -2.38. The third-order valence-corrected chi connectivity index (χ3v) is 7.15. The van der Waals surface area contributed by atoms with Crippen LogP contribution in [0, 0.1) is 17.6 Å². The van der Waals surface area contributed by atoms with Gasteiger partial charge in [0.15, 0.2) is 11.6 Å². The minimum atomic E-state index is -0.957. The summed E-state index contributed by atoms with van der Waals surface area (Å²) in [6.07, 6.45) is 1.53. The van der Waals surface area contributed by atoms with Crippen LogP contribution in [0.2, 0.25) is 0 Å². The third kappa shape index (κ3) is 4.55. The standard InChI is InChI=1S/C28H30F2N2O2/c1-32(17-9-19-34-25-15-8-14-24(29)26(25)30)18-16-23(20-32)28(27(31)33,21-10-4-2-5-11-21)22-12-6-3-7-13-22/h2-8,10-15,23H,9,16-20H2,1H3,(H-,31,33)/p+1/t23-,32?/m1/s1. The maximum absolute atomic E-state index is 13.8. The molecule has 1 fully saturated rings. The van der Waals surface area contributed by atoms with Gasteiger partial charge in [-0.05, 0) is 23.3 Å². The SMILES string of the molecule is C[N+]1(CCCOc2cccc(F)c2F)CC[C@@H](C(C(N)=O)(c2ccccc2)c2ccccc2)C1. The van der Waals surface area contributed by atoms with Gasteiger partial charge in [0.25, 0.3) is 0 Å². The molecule has 0 spiro atoms. The number of likely N-dealkylation sites (tertiary alicyclic amines) is 1. The summed E-state index contributed by atoms with van der Waals surface area (Å²) in [5.74, 6) is -2.25. The largest absolute Gasteiger partial charge is 0.490 e. The second-order valence-corrected chi connectivity index (χ2v) is 9.39. The van der Waals surface area contributed by atoms with Crippen molar-refractivity contribution in [3.8, 4) is 5.75 Å². The number of carbonyl (C=O) groups excluding carboxylic acids is 1. The average Bonchev–Trinajstić information content (AvgIpc) is 3.23. The van der Waals surface area contributed by atoms with Gasteiger partial charge in [0.2, 0.25) is 11.7 Å². The second kappa shape index (κ2) is 9.94. The second-order valence-electron chi connectivity index (χ2n) is 9.39. The van der Waals surface area contributed by atoms with E-state index in [1.807, 2.05) is 60.7 Å². The number of amides is 1. The molecule has 2 N–H and O–H groups in total. The zero-order valence-corrected chi connectivity index (χ0v) is 19.4. The van der Waals surface area contributed by atoms with Gasteiger partial charge < -0.3 is 15.0 Å². The Morgan fingerprint density at radius 1 is 1.00 bits per heavy atom. The van der Waals surface area contributed by atoms with E-state index in [4.69, 9.17) is 10.5 Å². The van der Waals surface area contributed by atoms with Crippen molar-refractivity contribution in [1.29, 1.82) is 0 Å². The molecule has 1 unspecified atom stereocenters. The van der Waals surface area contributed by atoms with Crippen molar-refractivity contribution in [2.75, 3.05) is 33.3 Å². The first kappa shape index (κ1) is 23.9. The highest BCUT2D eigenvalue weighted by atomic mass is 19.2. The summed E-state index contributed by atoms with van der Waals surface area (Å²) in [6.45, 7) is 2.76. The summed E-state index contributed by atoms with van der Waals surface area (Å²) in [6, 6.07) is 23.6. The topological polar surface area (TPSA) is 52.3 Å². The minimum absolute atomic E-state index is 0.0291.